The molecular weight excluding hydrogens is 350 g/mol. The number of nitrogens with one attached hydrogen (secondary N) is 1. The topological polar surface area (TPSA) is 63.1 Å². The minimum atomic E-state index is -0.000134. The number of nitrogens with zero attached hydrogens (tertiary/aromatic N) is 4. The number of piperidine rings is 1. The Labute approximate surface area is 158 Å². The molecule has 0 bridgehead atoms. The van der Waals surface area contributed by atoms with Crippen molar-refractivity contribution in [2.45, 2.75) is 44.6 Å². The number of benzene rings is 1. The molecule has 0 spiro atoms. The summed E-state index contributed by atoms with van der Waals surface area (Å²) in [6.07, 6.45) is 10.7. The number of hydrogen-bond donors (Lipinski definition) is 1. The fraction of sp³-hybridized carbons (Fsp3) is 0.526. The number of anilines is 1. The van der Waals surface area contributed by atoms with E-state index in [4.69, 9.17) is 11.6 Å². The summed E-state index contributed by atoms with van der Waals surface area (Å²) in [5.74, 6) is 0.766. The number of amides is 1. The number of carbonyl (C=O) groups excluding carboxylic acids is 1. The molecule has 2 fully saturated rings. The van der Waals surface area contributed by atoms with Crippen LogP contribution >= 0.6 is 11.6 Å². The molecule has 1 saturated carbocycles. The third-order valence-electron chi connectivity index (χ3n) is 5.60. The predicted octanol–water partition coefficient (Wildman–Crippen LogP) is 3.51. The average molecular weight is 374 g/mol. The molecule has 0 radical (unpaired) electrons. The zero-order valence-electron chi connectivity index (χ0n) is 14.8. The van der Waals surface area contributed by atoms with Crippen molar-refractivity contribution >= 4 is 23.2 Å². The van der Waals surface area contributed by atoms with E-state index in [0.29, 0.717) is 23.3 Å². The molecule has 2 heterocycles. The summed E-state index contributed by atoms with van der Waals surface area (Å²) < 4.78 is 1.63. The summed E-state index contributed by atoms with van der Waals surface area (Å²) in [4.78, 5) is 19.1. The van der Waals surface area contributed by atoms with Crippen molar-refractivity contribution in [3.8, 4) is 5.69 Å². The summed E-state index contributed by atoms with van der Waals surface area (Å²) >= 11 is 6.14. The van der Waals surface area contributed by atoms with Gasteiger partial charge in [-0.15, -0.1) is 0 Å². The lowest BCUT2D eigenvalue weighted by Crippen LogP contribution is -2.49. The summed E-state index contributed by atoms with van der Waals surface area (Å²) in [7, 11) is 0. The fourth-order valence-corrected chi connectivity index (χ4v) is 4.61. The number of hydrogen-bond acceptors (Lipinski definition) is 4. The molecule has 1 aromatic heterocycles. The highest BCUT2D eigenvalue weighted by atomic mass is 35.5. The molecule has 1 aliphatic heterocycles. The summed E-state index contributed by atoms with van der Waals surface area (Å²) in [5.41, 5.74) is 1.42. The Bertz CT molecular complexity index is 761. The van der Waals surface area contributed by atoms with E-state index in [1.54, 1.807) is 23.1 Å². The van der Waals surface area contributed by atoms with Crippen LogP contribution < -0.4 is 5.32 Å². The van der Waals surface area contributed by atoms with Crippen LogP contribution in [0.4, 0.5) is 5.69 Å². The first-order valence-electron chi connectivity index (χ1n) is 9.39. The second-order valence-electron chi connectivity index (χ2n) is 7.27. The van der Waals surface area contributed by atoms with Gasteiger partial charge in [0.15, 0.2) is 0 Å². The maximum absolute atomic E-state index is 12.7. The Hall–Kier alpha value is -1.92. The van der Waals surface area contributed by atoms with Crippen LogP contribution in [0.25, 0.3) is 5.69 Å². The number of halogens is 1. The van der Waals surface area contributed by atoms with Gasteiger partial charge in [-0.3, -0.25) is 9.69 Å². The van der Waals surface area contributed by atoms with Crippen molar-refractivity contribution in [1.82, 2.24) is 19.7 Å². The van der Waals surface area contributed by atoms with Crippen LogP contribution in [0.15, 0.2) is 30.9 Å². The van der Waals surface area contributed by atoms with E-state index < -0.39 is 0 Å². The molecule has 1 aromatic carbocycles. The van der Waals surface area contributed by atoms with E-state index in [-0.39, 0.29) is 5.91 Å². The number of carbonyl (C=O) groups is 1. The van der Waals surface area contributed by atoms with E-state index >= 15 is 0 Å². The largest absolute Gasteiger partial charge is 0.323 e. The minimum absolute atomic E-state index is 0.000134. The maximum Gasteiger partial charge on any atom is 0.238 e. The molecule has 2 aromatic rings. The lowest BCUT2D eigenvalue weighted by molar-refractivity contribution is -0.118. The first-order chi connectivity index (χ1) is 12.7. The van der Waals surface area contributed by atoms with Crippen molar-refractivity contribution in [3.05, 3.63) is 35.9 Å². The Balaban J connectivity index is 1.47. The van der Waals surface area contributed by atoms with E-state index in [0.717, 1.165) is 18.2 Å². The second kappa shape index (κ2) is 7.76. The average Bonchev–Trinajstić information content (AvgIpc) is 3.16. The van der Waals surface area contributed by atoms with Crippen molar-refractivity contribution in [2.24, 2.45) is 5.92 Å². The SMILES string of the molecule is O=C(CN1CCC[C@H]2CCCC[C@H]21)Nc1cc(Cl)ccc1-n1cncn1. The minimum Gasteiger partial charge on any atom is -0.323 e. The molecular formula is C19H24ClN5O. The van der Waals surface area contributed by atoms with Crippen LogP contribution in [-0.2, 0) is 4.79 Å². The molecule has 26 heavy (non-hydrogen) atoms. The van der Waals surface area contributed by atoms with E-state index in [1.165, 1.54) is 44.9 Å². The van der Waals surface area contributed by atoms with Gasteiger partial charge in [0.25, 0.3) is 0 Å². The fourth-order valence-electron chi connectivity index (χ4n) is 4.44. The Kier molecular flexibility index (Phi) is 5.22. The van der Waals surface area contributed by atoms with Crippen molar-refractivity contribution in [2.75, 3.05) is 18.4 Å². The van der Waals surface area contributed by atoms with Gasteiger partial charge in [-0.05, 0) is 56.3 Å². The van der Waals surface area contributed by atoms with Crippen LogP contribution in [0.1, 0.15) is 38.5 Å². The molecule has 6 nitrogen and oxygen atoms in total. The maximum atomic E-state index is 12.7. The number of aromatic nitrogens is 3. The molecule has 1 saturated heterocycles. The Morgan fingerprint density at radius 2 is 2.08 bits per heavy atom. The molecule has 4 rings (SSSR count). The van der Waals surface area contributed by atoms with Gasteiger partial charge < -0.3 is 5.32 Å². The smallest absolute Gasteiger partial charge is 0.238 e. The first kappa shape index (κ1) is 17.5. The monoisotopic (exact) mass is 373 g/mol. The molecule has 1 aliphatic carbocycles. The van der Waals surface area contributed by atoms with Gasteiger partial charge in [-0.2, -0.15) is 5.10 Å². The third kappa shape index (κ3) is 3.76. The van der Waals surface area contributed by atoms with Crippen LogP contribution in [0, 0.1) is 5.92 Å². The molecule has 1 amide bonds. The highest BCUT2D eigenvalue weighted by Crippen LogP contribution is 2.35. The van der Waals surface area contributed by atoms with Crippen LogP contribution in [-0.4, -0.2) is 44.7 Å². The summed E-state index contributed by atoms with van der Waals surface area (Å²) in [6.45, 7) is 1.45. The number of rotatable bonds is 4. The normalized spacial score (nSPS) is 23.4. The lowest BCUT2D eigenvalue weighted by atomic mass is 9.78. The van der Waals surface area contributed by atoms with Crippen LogP contribution in [0.5, 0.6) is 0 Å². The predicted molar refractivity (Wildman–Crippen MR) is 102 cm³/mol. The molecule has 1 N–H and O–H groups in total. The van der Waals surface area contributed by atoms with Crippen LogP contribution in [0.2, 0.25) is 5.02 Å². The van der Waals surface area contributed by atoms with Crippen molar-refractivity contribution in [1.29, 1.82) is 0 Å². The van der Waals surface area contributed by atoms with Gasteiger partial charge >= 0.3 is 0 Å². The van der Waals surface area contributed by atoms with E-state index in [2.05, 4.69) is 20.3 Å². The van der Waals surface area contributed by atoms with Gasteiger partial charge in [0.1, 0.15) is 12.7 Å². The third-order valence-corrected chi connectivity index (χ3v) is 5.84. The quantitative estimate of drug-likeness (QED) is 0.890. The highest BCUT2D eigenvalue weighted by Gasteiger charge is 2.33. The zero-order valence-corrected chi connectivity index (χ0v) is 15.5. The van der Waals surface area contributed by atoms with Gasteiger partial charge in [0, 0.05) is 11.1 Å². The number of fused-ring (bicyclic) bond motifs is 1. The zero-order chi connectivity index (χ0) is 17.9. The first-order valence-corrected chi connectivity index (χ1v) is 9.77. The summed E-state index contributed by atoms with van der Waals surface area (Å²) in [6, 6.07) is 5.95. The van der Waals surface area contributed by atoms with Crippen LogP contribution in [0.3, 0.4) is 0 Å². The van der Waals surface area contributed by atoms with Gasteiger partial charge in [-0.1, -0.05) is 24.4 Å². The second-order valence-corrected chi connectivity index (χ2v) is 7.71. The molecule has 2 aliphatic rings. The standard InChI is InChI=1S/C19H24ClN5O/c20-15-7-8-18(25-13-21-12-22-25)16(10-15)23-19(26)11-24-9-3-5-14-4-1-2-6-17(14)24/h7-8,10,12-14,17H,1-6,9,11H2,(H,23,26)/t14-,17-/m1/s1. The Morgan fingerprint density at radius 3 is 2.92 bits per heavy atom. The van der Waals surface area contributed by atoms with Gasteiger partial charge in [-0.25, -0.2) is 9.67 Å². The van der Waals surface area contributed by atoms with Crippen molar-refractivity contribution < 1.29 is 4.79 Å². The van der Waals surface area contributed by atoms with E-state index in [9.17, 15) is 4.79 Å². The molecule has 0 unspecified atom stereocenters. The van der Waals surface area contributed by atoms with Gasteiger partial charge in [0.05, 0.1) is 17.9 Å². The van der Waals surface area contributed by atoms with E-state index in [1.807, 2.05) is 6.07 Å². The molecule has 138 valence electrons. The molecule has 2 atom stereocenters. The summed E-state index contributed by atoms with van der Waals surface area (Å²) in [5, 5.41) is 7.76. The lowest BCUT2D eigenvalue weighted by Gasteiger charge is -2.43. The highest BCUT2D eigenvalue weighted by molar-refractivity contribution is 6.31. The van der Waals surface area contributed by atoms with Crippen molar-refractivity contribution in [3.63, 3.8) is 0 Å². The Morgan fingerprint density at radius 1 is 1.23 bits per heavy atom. The molecule has 7 heteroatoms. The van der Waals surface area contributed by atoms with Gasteiger partial charge in [0.2, 0.25) is 5.91 Å². The number of likely N-dealkylation sites (tertiary alicyclic amines) is 1.